The van der Waals surface area contributed by atoms with Crippen LogP contribution < -0.4 is 5.73 Å². The third kappa shape index (κ3) is 4.11. The minimum Gasteiger partial charge on any atom is -0.384 e. The van der Waals surface area contributed by atoms with Crippen LogP contribution in [0.1, 0.15) is 25.3 Å². The lowest BCUT2D eigenvalue weighted by atomic mass is 10.1. The summed E-state index contributed by atoms with van der Waals surface area (Å²) in [6.07, 6.45) is 3.65. The predicted octanol–water partition coefficient (Wildman–Crippen LogP) is 3.36. The van der Waals surface area contributed by atoms with Gasteiger partial charge in [-0.15, -0.1) is 0 Å². The number of rotatable bonds is 4. The molecule has 1 nitrogen and oxygen atoms in total. The zero-order chi connectivity index (χ0) is 10.4. The molecule has 14 heavy (non-hydrogen) atoms. The monoisotopic (exact) mass is 225 g/mol. The van der Waals surface area contributed by atoms with E-state index >= 15 is 0 Å². The molecule has 0 atom stereocenters. The van der Waals surface area contributed by atoms with E-state index in [0.29, 0.717) is 4.32 Å². The van der Waals surface area contributed by atoms with Gasteiger partial charge in [0.1, 0.15) is 4.32 Å². The van der Waals surface area contributed by atoms with Gasteiger partial charge in [0.15, 0.2) is 0 Å². The molecule has 3 heteroatoms. The minimum atomic E-state index is 0.478. The average molecular weight is 225 g/mol. The summed E-state index contributed by atoms with van der Waals surface area (Å²) in [6, 6.07) is 8.45. The Morgan fingerprint density at radius 1 is 1.36 bits per heavy atom. The normalized spacial score (nSPS) is 10.1. The van der Waals surface area contributed by atoms with Crippen LogP contribution in [-0.4, -0.2) is 4.32 Å². The van der Waals surface area contributed by atoms with Crippen LogP contribution in [0.3, 0.4) is 0 Å². The van der Waals surface area contributed by atoms with Gasteiger partial charge >= 0.3 is 0 Å². The van der Waals surface area contributed by atoms with Crippen LogP contribution in [0.15, 0.2) is 29.2 Å². The lowest BCUT2D eigenvalue weighted by molar-refractivity contribution is 0.794. The Morgan fingerprint density at radius 2 is 2.00 bits per heavy atom. The summed E-state index contributed by atoms with van der Waals surface area (Å²) in [5.41, 5.74) is 6.83. The Labute approximate surface area is 95.1 Å². The molecule has 0 saturated heterocycles. The molecule has 0 saturated carbocycles. The molecule has 1 aromatic carbocycles. The summed E-state index contributed by atoms with van der Waals surface area (Å²) in [4.78, 5) is 1.12. The van der Waals surface area contributed by atoms with Crippen molar-refractivity contribution in [2.24, 2.45) is 5.73 Å². The Balaban J connectivity index is 2.54. The third-order valence-electron chi connectivity index (χ3n) is 1.96. The molecule has 0 aliphatic rings. The van der Waals surface area contributed by atoms with Crippen LogP contribution in [0.4, 0.5) is 0 Å². The fourth-order valence-corrected chi connectivity index (χ4v) is 2.01. The van der Waals surface area contributed by atoms with Gasteiger partial charge in [-0.25, -0.2) is 0 Å². The van der Waals surface area contributed by atoms with Gasteiger partial charge in [-0.3, -0.25) is 0 Å². The zero-order valence-corrected chi connectivity index (χ0v) is 9.96. The van der Waals surface area contributed by atoms with Crippen molar-refractivity contribution in [2.75, 3.05) is 0 Å². The molecule has 0 bridgehead atoms. The van der Waals surface area contributed by atoms with E-state index in [-0.39, 0.29) is 0 Å². The highest BCUT2D eigenvalue weighted by Crippen LogP contribution is 2.18. The predicted molar refractivity (Wildman–Crippen MR) is 67.7 cm³/mol. The minimum absolute atomic E-state index is 0.478. The highest BCUT2D eigenvalue weighted by atomic mass is 32.2. The van der Waals surface area contributed by atoms with Crippen molar-refractivity contribution < 1.29 is 0 Å². The third-order valence-corrected chi connectivity index (χ3v) is 2.92. The van der Waals surface area contributed by atoms with Crippen molar-refractivity contribution >= 4 is 28.3 Å². The molecule has 76 valence electrons. The highest BCUT2D eigenvalue weighted by Gasteiger charge is 1.96. The molecule has 0 unspecified atom stereocenters. The van der Waals surface area contributed by atoms with Gasteiger partial charge < -0.3 is 5.73 Å². The van der Waals surface area contributed by atoms with E-state index in [1.54, 1.807) is 0 Å². The second-order valence-corrected chi connectivity index (χ2v) is 4.98. The van der Waals surface area contributed by atoms with Gasteiger partial charge in [-0.05, 0) is 30.5 Å². The van der Waals surface area contributed by atoms with E-state index in [2.05, 4.69) is 31.2 Å². The summed E-state index contributed by atoms with van der Waals surface area (Å²) in [6.45, 7) is 2.21. The first-order valence-corrected chi connectivity index (χ1v) is 6.01. The molecule has 1 aromatic rings. The molecule has 0 radical (unpaired) electrons. The van der Waals surface area contributed by atoms with Crippen molar-refractivity contribution in [3.8, 4) is 0 Å². The Bertz CT molecular complexity index is 293. The van der Waals surface area contributed by atoms with E-state index < -0.39 is 0 Å². The van der Waals surface area contributed by atoms with E-state index in [1.807, 2.05) is 0 Å². The zero-order valence-electron chi connectivity index (χ0n) is 8.32. The first-order valence-electron chi connectivity index (χ1n) is 4.78. The van der Waals surface area contributed by atoms with Crippen molar-refractivity contribution in [1.29, 1.82) is 0 Å². The molecule has 0 aromatic heterocycles. The summed E-state index contributed by atoms with van der Waals surface area (Å²) in [5.74, 6) is 0. The fraction of sp³-hybridized carbons (Fsp3) is 0.364. The Kier molecular flexibility index (Phi) is 4.98. The van der Waals surface area contributed by atoms with Crippen molar-refractivity contribution in [3.63, 3.8) is 0 Å². The van der Waals surface area contributed by atoms with Crippen molar-refractivity contribution in [2.45, 2.75) is 31.1 Å². The van der Waals surface area contributed by atoms with Gasteiger partial charge in [0.25, 0.3) is 0 Å². The number of nitrogens with two attached hydrogens (primary N) is 1. The second kappa shape index (κ2) is 6.04. The lowest BCUT2D eigenvalue weighted by Crippen LogP contribution is -2.00. The summed E-state index contributed by atoms with van der Waals surface area (Å²) in [5, 5.41) is 0. The van der Waals surface area contributed by atoms with Crippen LogP contribution in [0, 0.1) is 0 Å². The van der Waals surface area contributed by atoms with Gasteiger partial charge in [0.05, 0.1) is 0 Å². The maximum Gasteiger partial charge on any atom is 0.135 e. The molecule has 0 aliphatic carbocycles. The number of benzene rings is 1. The van der Waals surface area contributed by atoms with Crippen LogP contribution in [0.25, 0.3) is 0 Å². The number of thiocarbonyl (C=S) groups is 1. The van der Waals surface area contributed by atoms with E-state index in [1.165, 1.54) is 30.2 Å². The highest BCUT2D eigenvalue weighted by molar-refractivity contribution is 8.22. The quantitative estimate of drug-likeness (QED) is 0.628. The van der Waals surface area contributed by atoms with E-state index in [4.69, 9.17) is 18.0 Å². The number of aryl methyl sites for hydroxylation is 1. The first-order chi connectivity index (χ1) is 6.72. The average Bonchev–Trinajstić information content (AvgIpc) is 2.16. The van der Waals surface area contributed by atoms with E-state index in [9.17, 15) is 0 Å². The number of hydrogen-bond acceptors (Lipinski definition) is 2. The number of hydrogen-bond donors (Lipinski definition) is 1. The number of unbranched alkanes of at least 4 members (excludes halogenated alkanes) is 1. The molecule has 1 rings (SSSR count). The van der Waals surface area contributed by atoms with Crippen LogP contribution >= 0.6 is 24.0 Å². The van der Waals surface area contributed by atoms with Crippen LogP contribution in [-0.2, 0) is 6.42 Å². The molecule has 0 amide bonds. The Morgan fingerprint density at radius 3 is 2.50 bits per heavy atom. The van der Waals surface area contributed by atoms with Crippen LogP contribution in [0.2, 0.25) is 0 Å². The SMILES string of the molecule is CCCCc1ccc(SC(N)=S)cc1. The summed E-state index contributed by atoms with van der Waals surface area (Å²) in [7, 11) is 0. The molecular weight excluding hydrogens is 210 g/mol. The molecule has 0 spiro atoms. The second-order valence-electron chi connectivity index (χ2n) is 3.17. The molecule has 0 heterocycles. The maximum atomic E-state index is 5.44. The standard InChI is InChI=1S/C11H15NS2/c1-2-3-4-9-5-7-10(8-6-9)14-11(12)13/h5-8H,2-4H2,1H3,(H2,12,13). The lowest BCUT2D eigenvalue weighted by Gasteiger charge is -2.02. The van der Waals surface area contributed by atoms with Gasteiger partial charge in [0, 0.05) is 4.90 Å². The fourth-order valence-electron chi connectivity index (χ4n) is 1.22. The summed E-state index contributed by atoms with van der Waals surface area (Å²) < 4.78 is 0.478. The van der Waals surface area contributed by atoms with E-state index in [0.717, 1.165) is 11.3 Å². The van der Waals surface area contributed by atoms with Gasteiger partial charge in [-0.2, -0.15) is 0 Å². The number of thioether (sulfide) groups is 1. The molecule has 2 N–H and O–H groups in total. The maximum absolute atomic E-state index is 5.44. The smallest absolute Gasteiger partial charge is 0.135 e. The molecule has 0 aliphatic heterocycles. The van der Waals surface area contributed by atoms with Gasteiger partial charge in [0.2, 0.25) is 0 Å². The van der Waals surface area contributed by atoms with Crippen molar-refractivity contribution in [3.05, 3.63) is 29.8 Å². The molecular formula is C11H15NS2. The first kappa shape index (κ1) is 11.5. The Hall–Kier alpha value is -0.540. The molecule has 0 fully saturated rings. The van der Waals surface area contributed by atoms with Crippen molar-refractivity contribution in [1.82, 2.24) is 0 Å². The van der Waals surface area contributed by atoms with Gasteiger partial charge in [-0.1, -0.05) is 49.5 Å². The van der Waals surface area contributed by atoms with Crippen LogP contribution in [0.5, 0.6) is 0 Å². The summed E-state index contributed by atoms with van der Waals surface area (Å²) >= 11 is 6.26. The largest absolute Gasteiger partial charge is 0.384 e. The topological polar surface area (TPSA) is 26.0 Å².